The highest BCUT2D eigenvalue weighted by Gasteiger charge is 2.39. The maximum absolute atomic E-state index is 15.1. The van der Waals surface area contributed by atoms with Crippen LogP contribution in [0.5, 0.6) is 23.4 Å². The van der Waals surface area contributed by atoms with Gasteiger partial charge in [0.2, 0.25) is 41.4 Å². The summed E-state index contributed by atoms with van der Waals surface area (Å²) >= 11 is 0. The Morgan fingerprint density at radius 3 is 1.14 bits per heavy atom. The summed E-state index contributed by atoms with van der Waals surface area (Å²) in [5.41, 5.74) is 5.98. The first kappa shape index (κ1) is 87.5. The van der Waals surface area contributed by atoms with Crippen molar-refractivity contribution in [3.8, 4) is 57.2 Å². The summed E-state index contributed by atoms with van der Waals surface area (Å²) in [6.07, 6.45) is 20.8. The van der Waals surface area contributed by atoms with Crippen LogP contribution in [0.25, 0.3) is 66.5 Å². The molecule has 6 aromatic heterocycles. The van der Waals surface area contributed by atoms with E-state index in [1.807, 2.05) is 32.6 Å². The van der Waals surface area contributed by atoms with Crippen LogP contribution < -0.4 is 33.6 Å². The highest BCUT2D eigenvalue weighted by Crippen LogP contribution is 2.42. The van der Waals surface area contributed by atoms with Crippen LogP contribution in [0.2, 0.25) is 0 Å². The number of carbonyl (C=O) groups excluding carboxylic acids is 1. The molecule has 9 aromatic rings. The van der Waals surface area contributed by atoms with E-state index < -0.39 is 58.2 Å². The monoisotopic (exact) mass is 1700 g/mol. The fourth-order valence-corrected chi connectivity index (χ4v) is 18.9. The van der Waals surface area contributed by atoms with Gasteiger partial charge < -0.3 is 48.8 Å². The second kappa shape index (κ2) is 36.6. The van der Waals surface area contributed by atoms with Crippen LogP contribution in [0.15, 0.2) is 73.2 Å². The van der Waals surface area contributed by atoms with Crippen molar-refractivity contribution in [2.75, 3.05) is 134 Å². The van der Waals surface area contributed by atoms with Crippen molar-refractivity contribution in [3.63, 3.8) is 0 Å². The molecule has 0 bridgehead atoms. The average Bonchev–Trinajstić information content (AvgIpc) is 0.765. The molecule has 15 rings (SSSR count). The number of piperidine rings is 3. The van der Waals surface area contributed by atoms with Gasteiger partial charge in [0.05, 0.1) is 90.6 Å². The first-order chi connectivity index (χ1) is 56.4. The molecule has 3 aromatic carbocycles. The molecule has 2 N–H and O–H groups in total. The van der Waals surface area contributed by atoms with Gasteiger partial charge in [0.25, 0.3) is 0 Å². The number of ether oxygens (including phenoxy) is 4. The fraction of sp³-hybridized carbons (Fsp3) is 0.529. The number of hydrogen-bond donors (Lipinski definition) is 2. The van der Waals surface area contributed by atoms with Gasteiger partial charge in [-0.05, 0) is 177 Å². The number of anilines is 3. The third-order valence-corrected chi connectivity index (χ3v) is 25.5. The Balaban J connectivity index is 0.000000155. The smallest absolute Gasteiger partial charge is 0.236 e. The lowest BCUT2D eigenvalue weighted by Gasteiger charge is -2.45. The molecule has 6 aliphatic rings. The van der Waals surface area contributed by atoms with Crippen molar-refractivity contribution in [3.05, 3.63) is 118 Å². The van der Waals surface area contributed by atoms with Gasteiger partial charge in [-0.1, -0.05) is 0 Å². The van der Waals surface area contributed by atoms with Gasteiger partial charge in [-0.2, -0.15) is 0 Å². The van der Waals surface area contributed by atoms with Crippen LogP contribution in [-0.2, 0) is 64.7 Å². The number of benzene rings is 3. The van der Waals surface area contributed by atoms with Crippen LogP contribution in [0.1, 0.15) is 139 Å². The van der Waals surface area contributed by atoms with Crippen molar-refractivity contribution < 1.29 is 72.4 Å². The highest BCUT2D eigenvalue weighted by molar-refractivity contribution is 7.90. The molecule has 6 fully saturated rings. The molecule has 119 heavy (non-hydrogen) atoms. The van der Waals surface area contributed by atoms with Crippen LogP contribution in [0.3, 0.4) is 0 Å². The lowest BCUT2D eigenvalue weighted by atomic mass is 9.78. The summed E-state index contributed by atoms with van der Waals surface area (Å²) in [5.74, 6) is 0.948. The molecule has 0 atom stereocenters. The Morgan fingerprint density at radius 1 is 0.437 bits per heavy atom. The molecule has 1 saturated carbocycles. The number of rotatable bonds is 23. The maximum atomic E-state index is 15.1. The van der Waals surface area contributed by atoms with E-state index in [4.69, 9.17) is 48.9 Å². The number of pyridine rings is 3. The van der Waals surface area contributed by atoms with Crippen molar-refractivity contribution in [2.45, 2.75) is 159 Å². The molecule has 0 unspecified atom stereocenters. The molecule has 28 nitrogen and oxygen atoms in total. The quantitative estimate of drug-likeness (QED) is 0.0601. The van der Waals surface area contributed by atoms with E-state index in [9.17, 15) is 40.3 Å². The largest absolute Gasteiger partial charge is 0.488 e. The molecule has 0 radical (unpaired) electrons. The van der Waals surface area contributed by atoms with E-state index in [0.717, 1.165) is 160 Å². The van der Waals surface area contributed by atoms with Crippen LogP contribution >= 0.6 is 0 Å². The summed E-state index contributed by atoms with van der Waals surface area (Å²) in [6, 6.07) is 13.7. The molecule has 5 aliphatic heterocycles. The second-order valence-electron chi connectivity index (χ2n) is 33.7. The van der Waals surface area contributed by atoms with E-state index in [-0.39, 0.29) is 65.3 Å². The third-order valence-electron chi connectivity index (χ3n) is 23.0. The predicted octanol–water partition coefficient (Wildman–Crippen LogP) is 11.3. The number of piperazine rings is 1. The number of aliphatic hydroxyl groups is 2. The standard InChI is InChI=1S/C30H39FN4O5S.C28H36FN5O4S.C27H33FN6O4S/c1-30(2,36)21-8-10-23(11-9-21)40-25-16-22(31)15-24-26(33-29(34-27(24)25)35-12-6-5-7-13-35)19-14-20(18-41(4,37)38)28(39-3)32-17-19;1-28(2,35)21-15-33(16-21)14-19-11-22(29)12-23-24(31-27(32-25(19)23)34-8-6-5-7-9-34)18-10-20(17-39(4,36)37)26(38-3)30-13-18;1-32-9-10-33(16-23(32)35)15-19-12-21(28)13-22-24(30-27(31-25(19)22)34-7-5-4-6-8-34)18-11-20(17-39(3,36)37)26(38-2)29-14-18/h14-17,21,23,36H,5-13,18H2,1-4H3;10-13,21,35H,5-9,14-17H2,1-4H3;11-14H,4-10,15-17H2,1-3H3. The number of fused-ring (bicyclic) bond motifs is 3. The molecule has 0 spiro atoms. The minimum absolute atomic E-state index is 0.0222. The first-order valence-electron chi connectivity index (χ1n) is 40.6. The molecule has 34 heteroatoms. The van der Waals surface area contributed by atoms with Gasteiger partial charge in [-0.3, -0.25) is 14.6 Å². The van der Waals surface area contributed by atoms with Crippen molar-refractivity contribution in [1.82, 2.24) is 59.6 Å². The zero-order chi connectivity index (χ0) is 85.0. The maximum Gasteiger partial charge on any atom is 0.236 e. The molecular weight excluding hydrogens is 1590 g/mol. The zero-order valence-corrected chi connectivity index (χ0v) is 72.1. The van der Waals surface area contributed by atoms with E-state index in [0.29, 0.717) is 139 Å². The number of hydrogen-bond acceptors (Lipinski definition) is 27. The van der Waals surface area contributed by atoms with Crippen molar-refractivity contribution in [1.29, 1.82) is 0 Å². The van der Waals surface area contributed by atoms with Gasteiger partial charge in [-0.25, -0.2) is 83.3 Å². The number of likely N-dealkylation sites (tertiary alicyclic amines) is 1. The van der Waals surface area contributed by atoms with E-state index >= 15 is 13.2 Å². The number of carbonyl (C=O) groups is 1. The van der Waals surface area contributed by atoms with E-state index in [1.54, 1.807) is 48.7 Å². The number of methoxy groups -OCH3 is 3. The lowest BCUT2D eigenvalue weighted by Crippen LogP contribution is -2.55. The average molecular weight is 1700 g/mol. The Morgan fingerprint density at radius 2 is 0.790 bits per heavy atom. The molecule has 640 valence electrons. The third kappa shape index (κ3) is 21.9. The number of sulfone groups is 3. The van der Waals surface area contributed by atoms with Crippen LogP contribution in [-0.4, -0.2) is 237 Å². The van der Waals surface area contributed by atoms with Gasteiger partial charge in [0, 0.05) is 184 Å². The first-order valence-corrected chi connectivity index (χ1v) is 46.8. The molecular formula is C85H108F3N15O13S3. The molecule has 1 aliphatic carbocycles. The normalized spacial score (nSPS) is 18.3. The van der Waals surface area contributed by atoms with Crippen LogP contribution in [0.4, 0.5) is 31.0 Å². The van der Waals surface area contributed by atoms with Gasteiger partial charge in [0.15, 0.2) is 29.5 Å². The SMILES string of the molecule is COc1ncc(-c2nc(N3CCCCC3)nc3c(CN4CC(C(C)(C)O)C4)cc(F)cc23)cc1CS(C)(=O)=O.COc1ncc(-c2nc(N3CCCCC3)nc3c(CN4CCN(C)C(=O)C4)cc(F)cc23)cc1CS(C)(=O)=O.COc1ncc(-c2nc(N3CCCCC3)nc3c(OC4CCC(C(C)(C)O)CC4)cc(F)cc23)cc1CS(C)(=O)=O. The number of halogens is 3. The second-order valence-corrected chi connectivity index (χ2v) is 40.1. The lowest BCUT2D eigenvalue weighted by molar-refractivity contribution is -0.134. The summed E-state index contributed by atoms with van der Waals surface area (Å²) in [5, 5.41) is 22.3. The molecule has 5 saturated heterocycles. The van der Waals surface area contributed by atoms with Crippen molar-refractivity contribution in [2.24, 2.45) is 11.8 Å². The van der Waals surface area contributed by atoms with E-state index in [1.165, 1.54) is 57.7 Å². The molecule has 1 amide bonds. The Labute approximate surface area is 694 Å². The van der Waals surface area contributed by atoms with Gasteiger partial charge >= 0.3 is 0 Å². The Hall–Kier alpha value is -9.32. The summed E-state index contributed by atoms with van der Waals surface area (Å²) in [6.45, 7) is 16.1. The summed E-state index contributed by atoms with van der Waals surface area (Å²) in [4.78, 5) is 67.2. The number of likely N-dealkylation sites (N-methyl/N-ethyl adjacent to an activating group) is 1. The van der Waals surface area contributed by atoms with E-state index in [2.05, 4.69) is 34.6 Å². The predicted molar refractivity (Wildman–Crippen MR) is 452 cm³/mol. The number of nitrogens with zero attached hydrogens (tertiary/aromatic N) is 15. The minimum Gasteiger partial charge on any atom is -0.488 e. The summed E-state index contributed by atoms with van der Waals surface area (Å²) in [7, 11) is -4.00. The van der Waals surface area contributed by atoms with Crippen LogP contribution in [0, 0.1) is 29.3 Å². The topological polar surface area (TPSA) is 332 Å². The summed E-state index contributed by atoms with van der Waals surface area (Å²) < 4.78 is 140. The zero-order valence-electron chi connectivity index (χ0n) is 69.6. The van der Waals surface area contributed by atoms with Crippen molar-refractivity contribution >= 4 is 86.0 Å². The minimum atomic E-state index is -3.38. The number of aromatic nitrogens is 9. The Bertz CT molecular complexity index is 5580. The number of amides is 1. The van der Waals surface area contributed by atoms with Gasteiger partial charge in [0.1, 0.15) is 28.7 Å². The highest BCUT2D eigenvalue weighted by atomic mass is 32.2. The fourth-order valence-electron chi connectivity index (χ4n) is 16.6. The van der Waals surface area contributed by atoms with Gasteiger partial charge in [-0.15, -0.1) is 0 Å². The Kier molecular flexibility index (Phi) is 26.9. The molecule has 11 heterocycles.